The molecule has 3 aliphatic heterocycles. The van der Waals surface area contributed by atoms with Gasteiger partial charge in [-0.1, -0.05) is 43.9 Å². The summed E-state index contributed by atoms with van der Waals surface area (Å²) in [4.78, 5) is 42.4. The van der Waals surface area contributed by atoms with Crippen LogP contribution in [0.3, 0.4) is 0 Å². The van der Waals surface area contributed by atoms with E-state index in [1.165, 1.54) is 12.1 Å². The maximum atomic E-state index is 12.1. The number of anilines is 1. The summed E-state index contributed by atoms with van der Waals surface area (Å²) in [5, 5.41) is 0.549. The first-order valence-corrected chi connectivity index (χ1v) is 17.8. The second kappa shape index (κ2) is 15.2. The fraction of sp³-hybridized carbons (Fsp3) is 0.368. The van der Waals surface area contributed by atoms with Gasteiger partial charge in [0.05, 0.1) is 16.7 Å². The molecule has 0 aliphatic carbocycles. The number of carbonyl (C=O) groups excluding carboxylic acids is 3. The topological polar surface area (TPSA) is 127 Å². The molecule has 5 rings (SSSR count). The van der Waals surface area contributed by atoms with E-state index in [9.17, 15) is 27.4 Å². The molecule has 0 bridgehead atoms. The molecule has 0 atom stereocenters. The molecule has 1 saturated heterocycles. The molecule has 10 nitrogen and oxygen atoms in total. The van der Waals surface area contributed by atoms with E-state index in [1.807, 2.05) is 51.1 Å². The van der Waals surface area contributed by atoms with E-state index in [0.29, 0.717) is 11.6 Å². The van der Waals surface area contributed by atoms with Gasteiger partial charge in [0.1, 0.15) is 16.7 Å². The van der Waals surface area contributed by atoms with Crippen LogP contribution < -0.4 is 34.5 Å². The number of carbonyl (C=O) groups is 3. The third-order valence-electron chi connectivity index (χ3n) is 9.29. The van der Waals surface area contributed by atoms with Crippen LogP contribution in [0.1, 0.15) is 83.9 Å². The zero-order valence-electron chi connectivity index (χ0n) is 29.7. The van der Waals surface area contributed by atoms with Crippen LogP contribution in [0.2, 0.25) is 0 Å². The Morgan fingerprint density at radius 3 is 2.32 bits per heavy atom. The molecule has 12 heteroatoms. The van der Waals surface area contributed by atoms with Gasteiger partial charge in [-0.15, -0.1) is 5.06 Å². The fourth-order valence-electron chi connectivity index (χ4n) is 6.74. The van der Waals surface area contributed by atoms with Gasteiger partial charge in [-0.2, -0.15) is 4.58 Å². The predicted octanol–water partition coefficient (Wildman–Crippen LogP) is 2.54. The molecule has 2 aromatic carbocycles. The van der Waals surface area contributed by atoms with Gasteiger partial charge >= 0.3 is 35.5 Å². The number of hydrogen-bond donors (Lipinski definition) is 0. The molecule has 0 saturated carbocycles. The maximum absolute atomic E-state index is 12.1. The number of amides is 2. The molecular formula is C38H41N3NaO7S+. The molecule has 256 valence electrons. The summed E-state index contributed by atoms with van der Waals surface area (Å²) in [7, 11) is -4.56. The average molecular weight is 707 g/mol. The molecule has 3 aliphatic rings. The molecule has 3 heterocycles. The zero-order valence-corrected chi connectivity index (χ0v) is 32.5. The van der Waals surface area contributed by atoms with Crippen LogP contribution in [-0.2, 0) is 40.2 Å². The van der Waals surface area contributed by atoms with E-state index < -0.39 is 33.3 Å². The third-order valence-corrected chi connectivity index (χ3v) is 10.1. The minimum Gasteiger partial charge on any atom is -0.744 e. The van der Waals surface area contributed by atoms with E-state index in [1.54, 1.807) is 6.07 Å². The summed E-state index contributed by atoms with van der Waals surface area (Å²) in [6.45, 7) is 14.0. The van der Waals surface area contributed by atoms with Gasteiger partial charge in [0.25, 0.3) is 11.8 Å². The van der Waals surface area contributed by atoms with Gasteiger partial charge in [0.15, 0.2) is 5.71 Å². The predicted molar refractivity (Wildman–Crippen MR) is 185 cm³/mol. The van der Waals surface area contributed by atoms with Gasteiger partial charge in [-0.05, 0) is 69.7 Å². The standard InChI is InChI=1S/C38H41N3O7S.Na/c1-7-39-30-20-18-26(14-12-13-17-36(44)48-41-34(42)22-23-35(41)43)24-28(30)37(3,4)32(39)15-10-9-11-16-33-38(5,6)29-25-27(49(45,46)47)19-21-31(29)40(33)8-2;/h9-11,15-16,18-21,24-25H,7-8,13,17,22-23H2,1-6H3;/q;+1. The summed E-state index contributed by atoms with van der Waals surface area (Å²) < 4.78 is 37.2. The van der Waals surface area contributed by atoms with Gasteiger partial charge in [-0.25, -0.2) is 13.2 Å². The Hall–Kier alpha value is -3.79. The van der Waals surface area contributed by atoms with E-state index in [-0.39, 0.29) is 65.6 Å². The average Bonchev–Trinajstić information content (AvgIpc) is 3.56. The quantitative estimate of drug-likeness (QED) is 0.0973. The second-order valence-electron chi connectivity index (χ2n) is 13.1. The number of likely N-dealkylation sites (N-methyl/N-ethyl adjacent to an activating group) is 1. The Balaban J connectivity index is 0.00000562. The smallest absolute Gasteiger partial charge is 0.744 e. The minimum atomic E-state index is -4.56. The number of rotatable bonds is 9. The van der Waals surface area contributed by atoms with E-state index >= 15 is 0 Å². The van der Waals surface area contributed by atoms with Crippen molar-refractivity contribution in [3.8, 4) is 11.8 Å². The largest absolute Gasteiger partial charge is 1.00 e. The number of hydroxylamine groups is 2. The molecule has 0 unspecified atom stereocenters. The van der Waals surface area contributed by atoms with Gasteiger partial charge in [0.2, 0.25) is 5.69 Å². The summed E-state index contributed by atoms with van der Waals surface area (Å²) in [5.41, 5.74) is 6.11. The van der Waals surface area contributed by atoms with Crippen molar-refractivity contribution in [2.75, 3.05) is 18.0 Å². The first-order chi connectivity index (χ1) is 23.1. The molecule has 2 amide bonds. The van der Waals surface area contributed by atoms with Crippen molar-refractivity contribution < 1.29 is 66.3 Å². The van der Waals surface area contributed by atoms with Crippen LogP contribution in [0.15, 0.2) is 77.4 Å². The normalized spacial score (nSPS) is 18.5. The molecule has 0 N–H and O–H groups in total. The van der Waals surface area contributed by atoms with Crippen molar-refractivity contribution in [3.63, 3.8) is 0 Å². The summed E-state index contributed by atoms with van der Waals surface area (Å²) in [6, 6.07) is 10.7. The maximum Gasteiger partial charge on any atom is 1.00 e. The van der Waals surface area contributed by atoms with E-state index in [0.717, 1.165) is 46.0 Å². The number of allylic oxidation sites excluding steroid dienone is 6. The number of hydrogen-bond acceptors (Lipinski definition) is 8. The molecule has 0 spiro atoms. The molecule has 2 aromatic rings. The Kier molecular flexibility index (Phi) is 11.9. The third kappa shape index (κ3) is 7.60. The molecular weight excluding hydrogens is 665 g/mol. The van der Waals surface area contributed by atoms with Crippen molar-refractivity contribution in [2.45, 2.75) is 83.0 Å². The SMILES string of the molecule is CCN1/C(=C/C=C/C=C/C2=[N+](CC)c3ccc(S(=O)(=O)[O-])cc3C2(C)C)C(C)(C)c2cc(C#CCCC(=O)ON3C(=O)CCC3=O)ccc21.[Na+]. The monoisotopic (exact) mass is 706 g/mol. The molecule has 1 fully saturated rings. The minimum absolute atomic E-state index is 0. The Labute approximate surface area is 316 Å². The Morgan fingerprint density at radius 2 is 1.68 bits per heavy atom. The summed E-state index contributed by atoms with van der Waals surface area (Å²) in [6.07, 6.45) is 10.4. The van der Waals surface area contributed by atoms with Crippen LogP contribution in [0.5, 0.6) is 0 Å². The van der Waals surface area contributed by atoms with Gasteiger partial charge in [0, 0.05) is 65.9 Å². The van der Waals surface area contributed by atoms with Crippen molar-refractivity contribution >= 4 is 45.0 Å². The number of imide groups is 1. The fourth-order valence-corrected chi connectivity index (χ4v) is 7.23. The summed E-state index contributed by atoms with van der Waals surface area (Å²) in [5.74, 6) is 4.44. The van der Waals surface area contributed by atoms with E-state index in [4.69, 9.17) is 4.84 Å². The van der Waals surface area contributed by atoms with Crippen molar-refractivity contribution in [1.29, 1.82) is 0 Å². The molecule has 50 heavy (non-hydrogen) atoms. The zero-order chi connectivity index (χ0) is 35.7. The van der Waals surface area contributed by atoms with Crippen LogP contribution >= 0.6 is 0 Å². The van der Waals surface area contributed by atoms with Crippen molar-refractivity contribution in [1.82, 2.24) is 5.06 Å². The van der Waals surface area contributed by atoms with Crippen molar-refractivity contribution in [2.24, 2.45) is 0 Å². The van der Waals surface area contributed by atoms with E-state index in [2.05, 4.69) is 60.3 Å². The first kappa shape index (κ1) is 39.0. The van der Waals surface area contributed by atoms with Crippen LogP contribution in [0, 0.1) is 11.8 Å². The van der Waals surface area contributed by atoms with Gasteiger partial charge in [-0.3, -0.25) is 9.59 Å². The second-order valence-corrected chi connectivity index (χ2v) is 14.5. The molecule has 0 radical (unpaired) electrons. The van der Waals surface area contributed by atoms with Crippen LogP contribution in [0.25, 0.3) is 0 Å². The first-order valence-electron chi connectivity index (χ1n) is 16.4. The Morgan fingerprint density at radius 1 is 0.980 bits per heavy atom. The number of nitrogens with zero attached hydrogens (tertiary/aromatic N) is 3. The molecule has 0 aromatic heterocycles. The Bertz CT molecular complexity index is 2020. The van der Waals surface area contributed by atoms with Gasteiger partial charge < -0.3 is 14.3 Å². The van der Waals surface area contributed by atoms with Crippen molar-refractivity contribution in [3.05, 3.63) is 89.2 Å². The van der Waals surface area contributed by atoms with Crippen LogP contribution in [0.4, 0.5) is 11.4 Å². The number of fused-ring (bicyclic) bond motifs is 2. The number of benzene rings is 2. The van der Waals surface area contributed by atoms with Crippen LogP contribution in [-0.4, -0.2) is 59.2 Å². The summed E-state index contributed by atoms with van der Waals surface area (Å²) >= 11 is 0.